The molecular weight excluding hydrogens is 424 g/mol. The molecular formula is C27H28N6O. The van der Waals surface area contributed by atoms with Crippen LogP contribution in [0.3, 0.4) is 0 Å². The van der Waals surface area contributed by atoms with Gasteiger partial charge in [0.1, 0.15) is 12.4 Å². The first-order valence-electron chi connectivity index (χ1n) is 11.7. The SMILES string of the molecule is O=C(C(Cc1ccccc1)n1cnnn1)N1CCN(C(c2ccccc2)c2ccccc2)CC1. The maximum absolute atomic E-state index is 13.6. The summed E-state index contributed by atoms with van der Waals surface area (Å²) in [5.74, 6) is 0.0618. The van der Waals surface area contributed by atoms with Crippen LogP contribution in [0.1, 0.15) is 28.8 Å². The third-order valence-corrected chi connectivity index (χ3v) is 6.46. The van der Waals surface area contributed by atoms with E-state index in [1.54, 1.807) is 4.68 Å². The molecule has 1 saturated heterocycles. The van der Waals surface area contributed by atoms with E-state index in [0.717, 1.165) is 18.7 Å². The largest absolute Gasteiger partial charge is 0.338 e. The Labute approximate surface area is 199 Å². The maximum atomic E-state index is 13.6. The van der Waals surface area contributed by atoms with Gasteiger partial charge in [-0.3, -0.25) is 9.69 Å². The molecule has 34 heavy (non-hydrogen) atoms. The molecule has 5 rings (SSSR count). The van der Waals surface area contributed by atoms with Gasteiger partial charge in [0.05, 0.1) is 6.04 Å². The predicted octanol–water partition coefficient (Wildman–Crippen LogP) is 3.39. The number of rotatable bonds is 7. The molecule has 0 aliphatic carbocycles. The lowest BCUT2D eigenvalue weighted by Gasteiger charge is -2.40. The molecule has 0 N–H and O–H groups in total. The van der Waals surface area contributed by atoms with Crippen molar-refractivity contribution in [1.29, 1.82) is 0 Å². The monoisotopic (exact) mass is 452 g/mol. The van der Waals surface area contributed by atoms with Crippen molar-refractivity contribution < 1.29 is 4.79 Å². The van der Waals surface area contributed by atoms with E-state index in [1.807, 2.05) is 47.4 Å². The van der Waals surface area contributed by atoms with Crippen molar-refractivity contribution in [3.05, 3.63) is 114 Å². The molecule has 1 unspecified atom stereocenters. The predicted molar refractivity (Wildman–Crippen MR) is 130 cm³/mol. The lowest BCUT2D eigenvalue weighted by molar-refractivity contribution is -0.137. The van der Waals surface area contributed by atoms with Crippen LogP contribution in [0.25, 0.3) is 0 Å². The Kier molecular flexibility index (Phi) is 6.72. The molecule has 1 aliphatic heterocycles. The number of aromatic nitrogens is 4. The lowest BCUT2D eigenvalue weighted by Crippen LogP contribution is -2.51. The van der Waals surface area contributed by atoms with Gasteiger partial charge < -0.3 is 4.90 Å². The number of hydrogen-bond donors (Lipinski definition) is 0. The summed E-state index contributed by atoms with van der Waals surface area (Å²) in [7, 11) is 0. The van der Waals surface area contributed by atoms with Gasteiger partial charge in [-0.2, -0.15) is 0 Å². The Balaban J connectivity index is 1.32. The normalized spacial score (nSPS) is 15.4. The molecule has 4 aromatic rings. The van der Waals surface area contributed by atoms with Crippen molar-refractivity contribution >= 4 is 5.91 Å². The molecule has 1 atom stereocenters. The molecule has 1 aromatic heterocycles. The zero-order valence-corrected chi connectivity index (χ0v) is 19.0. The molecule has 2 heterocycles. The Morgan fingerprint density at radius 2 is 1.32 bits per heavy atom. The van der Waals surface area contributed by atoms with Crippen LogP contribution in [0.5, 0.6) is 0 Å². The van der Waals surface area contributed by atoms with Gasteiger partial charge in [-0.15, -0.1) is 5.10 Å². The molecule has 7 heteroatoms. The molecule has 3 aromatic carbocycles. The average Bonchev–Trinajstić information content (AvgIpc) is 3.44. The Morgan fingerprint density at radius 3 is 1.85 bits per heavy atom. The standard InChI is InChI=1S/C27H28N6O/c34-27(25(33-21-28-29-30-33)20-22-10-4-1-5-11-22)32-18-16-31(17-19-32)26(23-12-6-2-7-13-23)24-14-8-3-9-15-24/h1-15,21,25-26H,16-20H2. The third kappa shape index (κ3) is 4.89. The number of tetrazole rings is 1. The van der Waals surface area contributed by atoms with Crippen molar-refractivity contribution in [1.82, 2.24) is 30.0 Å². The third-order valence-electron chi connectivity index (χ3n) is 6.46. The zero-order valence-electron chi connectivity index (χ0n) is 19.0. The van der Waals surface area contributed by atoms with Crippen LogP contribution in [-0.2, 0) is 11.2 Å². The van der Waals surface area contributed by atoms with Gasteiger partial charge in [-0.1, -0.05) is 91.0 Å². The van der Waals surface area contributed by atoms with Crippen LogP contribution >= 0.6 is 0 Å². The number of carbonyl (C=O) groups excluding carboxylic acids is 1. The maximum Gasteiger partial charge on any atom is 0.248 e. The van der Waals surface area contributed by atoms with Gasteiger partial charge >= 0.3 is 0 Å². The van der Waals surface area contributed by atoms with E-state index in [4.69, 9.17) is 0 Å². The number of carbonyl (C=O) groups is 1. The minimum atomic E-state index is -0.456. The minimum Gasteiger partial charge on any atom is -0.338 e. The molecule has 0 saturated carbocycles. The fourth-order valence-corrected chi connectivity index (χ4v) is 4.74. The highest BCUT2D eigenvalue weighted by Crippen LogP contribution is 2.30. The summed E-state index contributed by atoms with van der Waals surface area (Å²) >= 11 is 0. The van der Waals surface area contributed by atoms with Crippen molar-refractivity contribution in [3.8, 4) is 0 Å². The van der Waals surface area contributed by atoms with Crippen LogP contribution in [0.2, 0.25) is 0 Å². The number of nitrogens with zero attached hydrogens (tertiary/aromatic N) is 6. The van der Waals surface area contributed by atoms with Gasteiger partial charge in [0.15, 0.2) is 0 Å². The Bertz CT molecular complexity index is 1120. The van der Waals surface area contributed by atoms with Crippen LogP contribution in [0.4, 0.5) is 0 Å². The molecule has 1 fully saturated rings. The summed E-state index contributed by atoms with van der Waals surface area (Å²) in [6.07, 6.45) is 2.09. The highest BCUT2D eigenvalue weighted by Gasteiger charge is 2.32. The highest BCUT2D eigenvalue weighted by atomic mass is 16.2. The molecule has 0 radical (unpaired) electrons. The second-order valence-corrected chi connectivity index (χ2v) is 8.58. The van der Waals surface area contributed by atoms with Gasteiger partial charge in [0.25, 0.3) is 0 Å². The van der Waals surface area contributed by atoms with Gasteiger partial charge in [0, 0.05) is 32.6 Å². The number of amides is 1. The van der Waals surface area contributed by atoms with Gasteiger partial charge in [-0.05, 0) is 27.1 Å². The topological polar surface area (TPSA) is 67.2 Å². The van der Waals surface area contributed by atoms with E-state index in [-0.39, 0.29) is 11.9 Å². The van der Waals surface area contributed by atoms with Crippen LogP contribution in [0.15, 0.2) is 97.3 Å². The second kappa shape index (κ2) is 10.4. The average molecular weight is 453 g/mol. The van der Waals surface area contributed by atoms with E-state index in [2.05, 4.69) is 69.0 Å². The molecule has 0 bridgehead atoms. The Morgan fingerprint density at radius 1 is 0.765 bits per heavy atom. The fourth-order valence-electron chi connectivity index (χ4n) is 4.74. The fraction of sp³-hybridized carbons (Fsp3) is 0.259. The summed E-state index contributed by atoms with van der Waals surface area (Å²) in [5, 5.41) is 11.6. The summed E-state index contributed by atoms with van der Waals surface area (Å²) in [4.78, 5) is 18.0. The smallest absolute Gasteiger partial charge is 0.248 e. The van der Waals surface area contributed by atoms with Crippen LogP contribution < -0.4 is 0 Å². The van der Waals surface area contributed by atoms with Gasteiger partial charge in [-0.25, -0.2) is 4.68 Å². The molecule has 7 nitrogen and oxygen atoms in total. The van der Waals surface area contributed by atoms with E-state index >= 15 is 0 Å². The van der Waals surface area contributed by atoms with E-state index in [0.29, 0.717) is 19.5 Å². The summed E-state index contributed by atoms with van der Waals surface area (Å²) in [6.45, 7) is 2.94. The van der Waals surface area contributed by atoms with Gasteiger partial charge in [0.2, 0.25) is 5.91 Å². The zero-order chi connectivity index (χ0) is 23.2. The van der Waals surface area contributed by atoms with Crippen LogP contribution in [0, 0.1) is 0 Å². The summed E-state index contributed by atoms with van der Waals surface area (Å²) in [5.41, 5.74) is 3.62. The Hall–Kier alpha value is -3.84. The van der Waals surface area contributed by atoms with E-state index in [9.17, 15) is 4.79 Å². The quantitative estimate of drug-likeness (QED) is 0.430. The highest BCUT2D eigenvalue weighted by molar-refractivity contribution is 5.80. The molecule has 0 spiro atoms. The first-order chi connectivity index (χ1) is 16.8. The molecule has 1 amide bonds. The first kappa shape index (κ1) is 22.0. The van der Waals surface area contributed by atoms with E-state index < -0.39 is 6.04 Å². The van der Waals surface area contributed by atoms with Crippen molar-refractivity contribution in [2.45, 2.75) is 18.5 Å². The van der Waals surface area contributed by atoms with Crippen molar-refractivity contribution in [2.75, 3.05) is 26.2 Å². The number of piperazine rings is 1. The summed E-state index contributed by atoms with van der Waals surface area (Å²) in [6, 6.07) is 30.9. The lowest BCUT2D eigenvalue weighted by atomic mass is 9.96. The molecule has 1 aliphatic rings. The second-order valence-electron chi connectivity index (χ2n) is 8.58. The van der Waals surface area contributed by atoms with E-state index in [1.165, 1.54) is 17.5 Å². The first-order valence-corrected chi connectivity index (χ1v) is 11.7. The van der Waals surface area contributed by atoms with Crippen molar-refractivity contribution in [2.24, 2.45) is 0 Å². The van der Waals surface area contributed by atoms with Crippen molar-refractivity contribution in [3.63, 3.8) is 0 Å². The number of hydrogen-bond acceptors (Lipinski definition) is 5. The summed E-state index contributed by atoms with van der Waals surface area (Å²) < 4.78 is 1.58. The number of benzene rings is 3. The molecule has 172 valence electrons. The van der Waals surface area contributed by atoms with Crippen LogP contribution in [-0.4, -0.2) is 62.1 Å². The minimum absolute atomic E-state index is 0.0618.